The number of nitrogens with zero attached hydrogens (tertiary/aromatic N) is 1. The Morgan fingerprint density at radius 1 is 0.879 bits per heavy atom. The molecule has 0 saturated heterocycles. The maximum Gasteiger partial charge on any atom is 0.270 e. The summed E-state index contributed by atoms with van der Waals surface area (Å²) in [4.78, 5) is 40.9. The topological polar surface area (TPSA) is 88.2 Å². The van der Waals surface area contributed by atoms with Gasteiger partial charge in [-0.15, -0.1) is 0 Å². The highest BCUT2D eigenvalue weighted by molar-refractivity contribution is 5.99. The van der Waals surface area contributed by atoms with E-state index in [0.29, 0.717) is 24.8 Å². The van der Waals surface area contributed by atoms with E-state index in [2.05, 4.69) is 15.6 Å². The van der Waals surface area contributed by atoms with Crippen LogP contribution in [0.1, 0.15) is 32.0 Å². The maximum atomic E-state index is 12.7. The predicted molar refractivity (Wildman–Crippen MR) is 127 cm³/mol. The monoisotopic (exact) mass is 437 g/mol. The molecule has 33 heavy (non-hydrogen) atoms. The summed E-state index contributed by atoms with van der Waals surface area (Å²) in [5, 5.41) is 7.76. The first-order valence-electron chi connectivity index (χ1n) is 10.6. The van der Waals surface area contributed by atoms with Gasteiger partial charge in [0.05, 0.1) is 6.04 Å². The number of fused-ring (bicyclic) bond motifs is 1. The molecule has 0 aliphatic carbocycles. The number of pyridine rings is 1. The quantitative estimate of drug-likeness (QED) is 0.412. The second kappa shape index (κ2) is 10.3. The largest absolute Gasteiger partial charge is 0.348 e. The van der Waals surface area contributed by atoms with Crippen LogP contribution in [0.3, 0.4) is 0 Å². The standard InChI is InChI=1S/C27H23N3O3/c31-18-23(15-19-7-2-1-3-8-19)30-27(33)25-16-21(13-14-28-25)26(32)29-17-22-11-6-10-20-9-4-5-12-24(20)22/h1-14,16,18,23H,15,17H2,(H,29,32)(H,30,33)/t23-/m0/s1. The van der Waals surface area contributed by atoms with Gasteiger partial charge in [0.25, 0.3) is 11.8 Å². The molecule has 0 spiro atoms. The molecule has 2 N–H and O–H groups in total. The summed E-state index contributed by atoms with van der Waals surface area (Å²) in [5.74, 6) is -0.817. The van der Waals surface area contributed by atoms with Crippen LogP contribution in [0.2, 0.25) is 0 Å². The van der Waals surface area contributed by atoms with E-state index in [1.807, 2.05) is 72.8 Å². The van der Waals surface area contributed by atoms with Gasteiger partial charge in [-0.1, -0.05) is 72.8 Å². The minimum Gasteiger partial charge on any atom is -0.348 e. The van der Waals surface area contributed by atoms with Crippen molar-refractivity contribution in [1.82, 2.24) is 15.6 Å². The van der Waals surface area contributed by atoms with Crippen LogP contribution in [0.4, 0.5) is 0 Å². The third kappa shape index (κ3) is 5.49. The molecule has 1 aromatic heterocycles. The highest BCUT2D eigenvalue weighted by Crippen LogP contribution is 2.18. The van der Waals surface area contributed by atoms with Gasteiger partial charge in [0.2, 0.25) is 0 Å². The van der Waals surface area contributed by atoms with Crippen LogP contribution in [-0.2, 0) is 17.8 Å². The van der Waals surface area contributed by atoms with Gasteiger partial charge in [0.1, 0.15) is 12.0 Å². The maximum absolute atomic E-state index is 12.7. The van der Waals surface area contributed by atoms with E-state index in [0.717, 1.165) is 21.9 Å². The summed E-state index contributed by atoms with van der Waals surface area (Å²) in [6.07, 6.45) is 2.49. The Morgan fingerprint density at radius 2 is 1.64 bits per heavy atom. The number of benzene rings is 3. The number of carbonyl (C=O) groups is 3. The summed E-state index contributed by atoms with van der Waals surface area (Å²) < 4.78 is 0. The molecular weight excluding hydrogens is 414 g/mol. The normalized spacial score (nSPS) is 11.5. The number of carbonyl (C=O) groups excluding carboxylic acids is 3. The van der Waals surface area contributed by atoms with Crippen molar-refractivity contribution in [3.8, 4) is 0 Å². The number of hydrogen-bond donors (Lipinski definition) is 2. The lowest BCUT2D eigenvalue weighted by atomic mass is 10.0. The molecule has 6 heteroatoms. The molecule has 0 radical (unpaired) electrons. The second-order valence-electron chi connectivity index (χ2n) is 7.66. The van der Waals surface area contributed by atoms with Gasteiger partial charge >= 0.3 is 0 Å². The minimum atomic E-state index is -0.689. The van der Waals surface area contributed by atoms with Crippen LogP contribution < -0.4 is 10.6 Å². The lowest BCUT2D eigenvalue weighted by Crippen LogP contribution is -2.38. The van der Waals surface area contributed by atoms with Crippen molar-refractivity contribution < 1.29 is 14.4 Å². The number of nitrogens with one attached hydrogen (secondary N) is 2. The Bertz CT molecular complexity index is 1280. The molecule has 0 fully saturated rings. The summed E-state index contributed by atoms with van der Waals surface area (Å²) >= 11 is 0. The van der Waals surface area contributed by atoms with E-state index in [1.54, 1.807) is 6.07 Å². The molecule has 6 nitrogen and oxygen atoms in total. The average Bonchev–Trinajstić information content (AvgIpc) is 2.87. The molecule has 0 aliphatic heterocycles. The third-order valence-corrected chi connectivity index (χ3v) is 5.35. The van der Waals surface area contributed by atoms with Gasteiger partial charge in [-0.3, -0.25) is 14.6 Å². The van der Waals surface area contributed by atoms with Crippen LogP contribution in [0, 0.1) is 0 Å². The van der Waals surface area contributed by atoms with E-state index in [9.17, 15) is 14.4 Å². The third-order valence-electron chi connectivity index (χ3n) is 5.35. The van der Waals surface area contributed by atoms with Crippen LogP contribution >= 0.6 is 0 Å². The summed E-state index contributed by atoms with van der Waals surface area (Å²) in [5.41, 5.74) is 2.33. The summed E-state index contributed by atoms with van der Waals surface area (Å²) in [6.45, 7) is 0.355. The van der Waals surface area contributed by atoms with Gasteiger partial charge in [-0.25, -0.2) is 0 Å². The lowest BCUT2D eigenvalue weighted by Gasteiger charge is -2.13. The van der Waals surface area contributed by atoms with Crippen LogP contribution in [0.15, 0.2) is 91.1 Å². The fraction of sp³-hybridized carbons (Fsp3) is 0.111. The van der Waals surface area contributed by atoms with Crippen LogP contribution in [0.25, 0.3) is 10.8 Å². The van der Waals surface area contributed by atoms with Gasteiger partial charge in [-0.2, -0.15) is 0 Å². The first-order chi connectivity index (χ1) is 16.1. The van der Waals surface area contributed by atoms with Crippen LogP contribution in [-0.4, -0.2) is 29.1 Å². The van der Waals surface area contributed by atoms with Crippen molar-refractivity contribution in [2.45, 2.75) is 19.0 Å². The first kappa shape index (κ1) is 21.9. The van der Waals surface area contributed by atoms with E-state index in [1.165, 1.54) is 12.3 Å². The second-order valence-corrected chi connectivity index (χ2v) is 7.66. The van der Waals surface area contributed by atoms with E-state index < -0.39 is 11.9 Å². The molecule has 1 heterocycles. The van der Waals surface area contributed by atoms with E-state index in [4.69, 9.17) is 0 Å². The van der Waals surface area contributed by atoms with Crippen molar-refractivity contribution in [2.24, 2.45) is 0 Å². The van der Waals surface area contributed by atoms with E-state index in [-0.39, 0.29) is 11.6 Å². The van der Waals surface area contributed by atoms with Crippen molar-refractivity contribution in [2.75, 3.05) is 0 Å². The molecule has 1 atom stereocenters. The zero-order valence-electron chi connectivity index (χ0n) is 17.9. The Hall–Kier alpha value is -4.32. The molecular formula is C27H23N3O3. The number of rotatable bonds is 8. The molecule has 2 amide bonds. The summed E-state index contributed by atoms with van der Waals surface area (Å²) in [6, 6.07) is 25.7. The van der Waals surface area contributed by atoms with Crippen molar-refractivity contribution >= 4 is 28.9 Å². The predicted octanol–water partition coefficient (Wildman–Crippen LogP) is 3.70. The smallest absolute Gasteiger partial charge is 0.270 e. The SMILES string of the molecule is O=C[C@H](Cc1ccccc1)NC(=O)c1cc(C(=O)NCc2cccc3ccccc23)ccn1. The van der Waals surface area contributed by atoms with E-state index >= 15 is 0 Å². The molecule has 0 bridgehead atoms. The average molecular weight is 437 g/mol. The summed E-state index contributed by atoms with van der Waals surface area (Å²) in [7, 11) is 0. The Morgan fingerprint density at radius 3 is 2.45 bits per heavy atom. The molecule has 4 aromatic rings. The lowest BCUT2D eigenvalue weighted by molar-refractivity contribution is -0.109. The molecule has 0 aliphatic rings. The van der Waals surface area contributed by atoms with Gasteiger partial charge in [-0.05, 0) is 40.5 Å². The fourth-order valence-corrected chi connectivity index (χ4v) is 3.66. The minimum absolute atomic E-state index is 0.0766. The number of aromatic nitrogens is 1. The number of aldehydes is 1. The Labute approximate surface area is 191 Å². The highest BCUT2D eigenvalue weighted by Gasteiger charge is 2.16. The Balaban J connectivity index is 1.41. The zero-order chi connectivity index (χ0) is 23.0. The van der Waals surface area contributed by atoms with Crippen molar-refractivity contribution in [1.29, 1.82) is 0 Å². The van der Waals surface area contributed by atoms with Crippen LogP contribution in [0.5, 0.6) is 0 Å². The van der Waals surface area contributed by atoms with Gasteiger partial charge in [0, 0.05) is 18.3 Å². The fourth-order valence-electron chi connectivity index (χ4n) is 3.66. The Kier molecular flexibility index (Phi) is 6.85. The van der Waals surface area contributed by atoms with Crippen molar-refractivity contribution in [3.63, 3.8) is 0 Å². The number of hydrogen-bond acceptors (Lipinski definition) is 4. The molecule has 4 rings (SSSR count). The van der Waals surface area contributed by atoms with Gasteiger partial charge in [0.15, 0.2) is 0 Å². The molecule has 164 valence electrons. The molecule has 0 unspecified atom stereocenters. The molecule has 0 saturated carbocycles. The molecule has 3 aromatic carbocycles. The first-order valence-corrected chi connectivity index (χ1v) is 10.6. The number of amides is 2. The van der Waals surface area contributed by atoms with Gasteiger partial charge < -0.3 is 15.4 Å². The zero-order valence-corrected chi connectivity index (χ0v) is 17.9. The highest BCUT2D eigenvalue weighted by atomic mass is 16.2. The van der Waals surface area contributed by atoms with Crippen molar-refractivity contribution in [3.05, 3.63) is 114 Å².